The Morgan fingerprint density at radius 3 is 2.85 bits per heavy atom. The molecule has 74 valence electrons. The van der Waals surface area contributed by atoms with Gasteiger partial charge in [0.25, 0.3) is 5.91 Å². The van der Waals surface area contributed by atoms with E-state index in [4.69, 9.17) is 10.5 Å². The van der Waals surface area contributed by atoms with Crippen molar-refractivity contribution in [2.45, 2.75) is 20.1 Å². The molecule has 3 N–H and O–H groups in total. The predicted molar refractivity (Wildman–Crippen MR) is 44.0 cm³/mol. The van der Waals surface area contributed by atoms with E-state index in [1.165, 1.54) is 6.92 Å². The number of rotatable bonds is 4. The SMILES string of the molecule is CCOC(O)C(=O)NN=NC(C)=N. The molecular formula is C6H12N4O3. The van der Waals surface area contributed by atoms with Crippen LogP contribution in [0.15, 0.2) is 10.3 Å². The summed E-state index contributed by atoms with van der Waals surface area (Å²) >= 11 is 0. The first-order valence-corrected chi connectivity index (χ1v) is 3.63. The van der Waals surface area contributed by atoms with Gasteiger partial charge in [-0.3, -0.25) is 10.2 Å². The molecule has 0 saturated heterocycles. The maximum atomic E-state index is 10.8. The Labute approximate surface area is 75.3 Å². The van der Waals surface area contributed by atoms with Crippen molar-refractivity contribution in [1.82, 2.24) is 5.43 Å². The fourth-order valence-electron chi connectivity index (χ4n) is 0.438. The number of hydrogen-bond acceptors (Lipinski definition) is 5. The van der Waals surface area contributed by atoms with E-state index in [0.717, 1.165) is 0 Å². The second-order valence-electron chi connectivity index (χ2n) is 2.07. The van der Waals surface area contributed by atoms with Crippen LogP contribution in [0.5, 0.6) is 0 Å². The van der Waals surface area contributed by atoms with Crippen molar-refractivity contribution in [2.24, 2.45) is 10.3 Å². The van der Waals surface area contributed by atoms with Crippen molar-refractivity contribution in [1.29, 1.82) is 5.41 Å². The predicted octanol–water partition coefficient (Wildman–Crippen LogP) is -0.178. The van der Waals surface area contributed by atoms with Crippen LogP contribution >= 0.6 is 0 Å². The topological polar surface area (TPSA) is 107 Å². The first-order chi connectivity index (χ1) is 6.07. The number of amides is 1. The van der Waals surface area contributed by atoms with E-state index in [2.05, 4.69) is 15.1 Å². The van der Waals surface area contributed by atoms with Gasteiger partial charge in [-0.15, -0.1) is 5.11 Å². The largest absolute Gasteiger partial charge is 0.360 e. The minimum absolute atomic E-state index is 0.0498. The van der Waals surface area contributed by atoms with Crippen LogP contribution in [0.25, 0.3) is 0 Å². The molecular weight excluding hydrogens is 176 g/mol. The van der Waals surface area contributed by atoms with Crippen LogP contribution in [0.4, 0.5) is 0 Å². The van der Waals surface area contributed by atoms with E-state index in [1.54, 1.807) is 6.92 Å². The van der Waals surface area contributed by atoms with Gasteiger partial charge in [0.1, 0.15) is 5.84 Å². The second-order valence-corrected chi connectivity index (χ2v) is 2.07. The molecule has 0 aromatic heterocycles. The highest BCUT2D eigenvalue weighted by Crippen LogP contribution is 1.86. The highest BCUT2D eigenvalue weighted by atomic mass is 16.6. The van der Waals surface area contributed by atoms with Gasteiger partial charge in [-0.2, -0.15) is 0 Å². The molecule has 7 nitrogen and oxygen atoms in total. The Morgan fingerprint density at radius 1 is 1.77 bits per heavy atom. The lowest BCUT2D eigenvalue weighted by Crippen LogP contribution is -2.33. The number of carbonyl (C=O) groups excluding carboxylic acids is 1. The van der Waals surface area contributed by atoms with E-state index in [-0.39, 0.29) is 12.4 Å². The van der Waals surface area contributed by atoms with Crippen LogP contribution < -0.4 is 5.43 Å². The number of aliphatic hydroxyl groups is 1. The molecule has 1 amide bonds. The van der Waals surface area contributed by atoms with Gasteiger partial charge in [0, 0.05) is 6.61 Å². The van der Waals surface area contributed by atoms with Crippen molar-refractivity contribution in [3.63, 3.8) is 0 Å². The second kappa shape index (κ2) is 6.21. The van der Waals surface area contributed by atoms with Gasteiger partial charge < -0.3 is 9.84 Å². The molecule has 0 fully saturated rings. The van der Waals surface area contributed by atoms with E-state index in [0.29, 0.717) is 0 Å². The molecule has 0 heterocycles. The normalized spacial score (nSPS) is 12.8. The summed E-state index contributed by atoms with van der Waals surface area (Å²) in [6.45, 7) is 3.25. The smallest absolute Gasteiger partial charge is 0.298 e. The van der Waals surface area contributed by atoms with E-state index < -0.39 is 12.2 Å². The van der Waals surface area contributed by atoms with Crippen LogP contribution in [-0.2, 0) is 9.53 Å². The number of nitrogens with one attached hydrogen (secondary N) is 2. The molecule has 0 aliphatic heterocycles. The summed E-state index contributed by atoms with van der Waals surface area (Å²) in [5.74, 6) is -0.863. The van der Waals surface area contributed by atoms with Crippen LogP contribution in [0.1, 0.15) is 13.8 Å². The molecule has 1 unspecified atom stereocenters. The molecule has 13 heavy (non-hydrogen) atoms. The molecule has 0 aliphatic carbocycles. The fraction of sp³-hybridized carbons (Fsp3) is 0.667. The lowest BCUT2D eigenvalue weighted by atomic mass is 10.6. The highest BCUT2D eigenvalue weighted by molar-refractivity contribution is 5.79. The lowest BCUT2D eigenvalue weighted by Gasteiger charge is -2.06. The van der Waals surface area contributed by atoms with Crippen molar-refractivity contribution >= 4 is 11.7 Å². The van der Waals surface area contributed by atoms with Crippen molar-refractivity contribution in [3.8, 4) is 0 Å². The summed E-state index contributed by atoms with van der Waals surface area (Å²) in [4.78, 5) is 10.8. The third-order valence-electron chi connectivity index (χ3n) is 0.909. The number of ether oxygens (including phenoxy) is 1. The third-order valence-corrected chi connectivity index (χ3v) is 0.909. The highest BCUT2D eigenvalue weighted by Gasteiger charge is 2.13. The maximum absolute atomic E-state index is 10.8. The van der Waals surface area contributed by atoms with E-state index in [1.807, 2.05) is 5.43 Å². The van der Waals surface area contributed by atoms with Crippen molar-refractivity contribution in [2.75, 3.05) is 6.61 Å². The summed E-state index contributed by atoms with van der Waals surface area (Å²) in [6, 6.07) is 0. The van der Waals surface area contributed by atoms with Gasteiger partial charge in [-0.05, 0) is 13.8 Å². The summed E-state index contributed by atoms with van der Waals surface area (Å²) in [5.41, 5.74) is 1.90. The van der Waals surface area contributed by atoms with Crippen LogP contribution in [0, 0.1) is 5.41 Å². The molecule has 0 spiro atoms. The Hall–Kier alpha value is -1.34. The molecule has 0 radical (unpaired) electrons. The molecule has 0 saturated carbocycles. The number of carbonyl (C=O) groups is 1. The van der Waals surface area contributed by atoms with Gasteiger partial charge in [0.05, 0.1) is 0 Å². The third kappa shape index (κ3) is 5.88. The molecule has 1 atom stereocenters. The van der Waals surface area contributed by atoms with Gasteiger partial charge in [-0.1, -0.05) is 5.22 Å². The number of hydrogen-bond donors (Lipinski definition) is 3. The van der Waals surface area contributed by atoms with Crippen LogP contribution in [0.2, 0.25) is 0 Å². The first kappa shape index (κ1) is 11.7. The summed E-state index contributed by atoms with van der Waals surface area (Å²) < 4.78 is 4.55. The summed E-state index contributed by atoms with van der Waals surface area (Å²) in [5, 5.41) is 22.1. The zero-order chi connectivity index (χ0) is 10.3. The molecule has 0 bridgehead atoms. The molecule has 0 rings (SSSR count). The number of aliphatic hydroxyl groups excluding tert-OH is 1. The first-order valence-electron chi connectivity index (χ1n) is 3.63. The summed E-state index contributed by atoms with van der Waals surface area (Å²) in [7, 11) is 0. The molecule has 7 heteroatoms. The van der Waals surface area contributed by atoms with Gasteiger partial charge >= 0.3 is 0 Å². The van der Waals surface area contributed by atoms with E-state index in [9.17, 15) is 4.79 Å². The van der Waals surface area contributed by atoms with Crippen LogP contribution in [-0.4, -0.2) is 29.7 Å². The Balaban J connectivity index is 3.80. The van der Waals surface area contributed by atoms with Crippen molar-refractivity contribution in [3.05, 3.63) is 0 Å². The quantitative estimate of drug-likeness (QED) is 0.187. The maximum Gasteiger partial charge on any atom is 0.298 e. The zero-order valence-corrected chi connectivity index (χ0v) is 7.44. The van der Waals surface area contributed by atoms with Crippen LogP contribution in [0.3, 0.4) is 0 Å². The van der Waals surface area contributed by atoms with Crippen molar-refractivity contribution < 1.29 is 14.6 Å². The lowest BCUT2D eigenvalue weighted by molar-refractivity contribution is -0.157. The van der Waals surface area contributed by atoms with Gasteiger partial charge in [0.2, 0.25) is 6.29 Å². The average Bonchev–Trinajstić information content (AvgIpc) is 2.04. The standard InChI is InChI=1S/C6H12N4O3/c1-3-13-6(12)5(11)9-10-8-4(2)7/h6,12H,3H2,1-2H3,(H2,7,8,9,11). The zero-order valence-electron chi connectivity index (χ0n) is 7.44. The average molecular weight is 188 g/mol. The minimum Gasteiger partial charge on any atom is -0.360 e. The Morgan fingerprint density at radius 2 is 2.38 bits per heavy atom. The molecule has 0 aromatic carbocycles. The molecule has 0 aromatic rings. The van der Waals surface area contributed by atoms with E-state index >= 15 is 0 Å². The van der Waals surface area contributed by atoms with Gasteiger partial charge in [-0.25, -0.2) is 5.43 Å². The van der Waals surface area contributed by atoms with Gasteiger partial charge in [0.15, 0.2) is 0 Å². The molecule has 0 aliphatic rings. The Bertz CT molecular complexity index is 216. The summed E-state index contributed by atoms with van der Waals surface area (Å²) in [6.07, 6.45) is -1.55. The Kier molecular flexibility index (Phi) is 5.57. The number of amidine groups is 1. The fourth-order valence-corrected chi connectivity index (χ4v) is 0.438. The number of nitrogens with zero attached hydrogens (tertiary/aromatic N) is 2. The minimum atomic E-state index is -1.55. The monoisotopic (exact) mass is 188 g/mol.